The molecular formula is C20H17N5OS. The lowest BCUT2D eigenvalue weighted by atomic mass is 10.1. The van der Waals surface area contributed by atoms with Crippen LogP contribution in [0.25, 0.3) is 22.6 Å². The fourth-order valence-corrected chi connectivity index (χ4v) is 3.51. The maximum atomic E-state index is 10.4. The molecule has 0 radical (unpaired) electrons. The van der Waals surface area contributed by atoms with Crippen LogP contribution < -0.4 is 5.73 Å². The summed E-state index contributed by atoms with van der Waals surface area (Å²) in [6.07, 6.45) is 5.39. The number of rotatable bonds is 4. The van der Waals surface area contributed by atoms with E-state index < -0.39 is 0 Å². The van der Waals surface area contributed by atoms with Crippen molar-refractivity contribution < 1.29 is 5.11 Å². The highest BCUT2D eigenvalue weighted by atomic mass is 32.2. The lowest BCUT2D eigenvalue weighted by Gasteiger charge is -2.11. The largest absolute Gasteiger partial charge is 0.507 e. The highest BCUT2D eigenvalue weighted by Gasteiger charge is 2.16. The third kappa shape index (κ3) is 3.50. The monoisotopic (exact) mass is 375 g/mol. The van der Waals surface area contributed by atoms with Gasteiger partial charge in [-0.1, -0.05) is 12.1 Å². The molecule has 0 atom stereocenters. The molecule has 27 heavy (non-hydrogen) atoms. The lowest BCUT2D eigenvalue weighted by Crippen LogP contribution is -1.97. The van der Waals surface area contributed by atoms with Gasteiger partial charge < -0.3 is 15.4 Å². The Kier molecular flexibility index (Phi) is 4.52. The van der Waals surface area contributed by atoms with Crippen molar-refractivity contribution in [1.82, 2.24) is 19.5 Å². The Labute approximate surface area is 160 Å². The standard InChI is InChI=1S/C20H17N5OS/c1-25-11-10-22-20(25)27-17-12-23-19(13-6-8-14(21)9-7-13)24-18(17)15-4-2-3-5-16(15)26/h2-12,26H,21H2,1H3. The van der Waals surface area contributed by atoms with Gasteiger partial charge in [-0.25, -0.2) is 15.0 Å². The second-order valence-corrected chi connectivity index (χ2v) is 6.98. The molecule has 0 aliphatic rings. The normalized spacial score (nSPS) is 10.9. The molecule has 4 aromatic rings. The minimum Gasteiger partial charge on any atom is -0.507 e. The third-order valence-electron chi connectivity index (χ3n) is 4.06. The number of aryl methyl sites for hydroxylation is 1. The number of nitrogens with two attached hydrogens (primary N) is 1. The zero-order chi connectivity index (χ0) is 18.8. The third-order valence-corrected chi connectivity index (χ3v) is 5.16. The summed E-state index contributed by atoms with van der Waals surface area (Å²) in [7, 11) is 1.93. The maximum absolute atomic E-state index is 10.4. The molecule has 3 N–H and O–H groups in total. The van der Waals surface area contributed by atoms with E-state index in [-0.39, 0.29) is 5.75 Å². The number of aromatic hydroxyl groups is 1. The second-order valence-electron chi connectivity index (χ2n) is 5.97. The highest BCUT2D eigenvalue weighted by molar-refractivity contribution is 7.99. The van der Waals surface area contributed by atoms with Crippen molar-refractivity contribution in [2.24, 2.45) is 7.05 Å². The first-order valence-electron chi connectivity index (χ1n) is 8.28. The van der Waals surface area contributed by atoms with Crippen molar-refractivity contribution in [3.05, 3.63) is 67.1 Å². The van der Waals surface area contributed by atoms with Gasteiger partial charge in [-0.05, 0) is 48.2 Å². The summed E-state index contributed by atoms with van der Waals surface area (Å²) in [5, 5.41) is 11.2. The summed E-state index contributed by atoms with van der Waals surface area (Å²) in [6.45, 7) is 0. The molecule has 7 heteroatoms. The predicted molar refractivity (Wildman–Crippen MR) is 106 cm³/mol. The van der Waals surface area contributed by atoms with Crippen LogP contribution >= 0.6 is 11.8 Å². The lowest BCUT2D eigenvalue weighted by molar-refractivity contribution is 0.477. The van der Waals surface area contributed by atoms with Crippen LogP contribution in [-0.2, 0) is 7.05 Å². The molecule has 2 heterocycles. The summed E-state index contributed by atoms with van der Waals surface area (Å²) >= 11 is 1.45. The molecule has 0 fully saturated rings. The number of imidazole rings is 1. The summed E-state index contributed by atoms with van der Waals surface area (Å²) in [5.41, 5.74) is 8.61. The molecule has 134 valence electrons. The fraction of sp³-hybridized carbons (Fsp3) is 0.0500. The number of hydrogen-bond acceptors (Lipinski definition) is 6. The molecule has 0 aliphatic heterocycles. The summed E-state index contributed by atoms with van der Waals surface area (Å²) in [5.74, 6) is 0.735. The molecule has 0 aliphatic carbocycles. The van der Waals surface area contributed by atoms with Crippen LogP contribution in [0.1, 0.15) is 0 Å². The molecule has 0 amide bonds. The van der Waals surface area contributed by atoms with Crippen molar-refractivity contribution >= 4 is 17.4 Å². The first kappa shape index (κ1) is 17.1. The number of phenols is 1. The minimum absolute atomic E-state index is 0.168. The van der Waals surface area contributed by atoms with Crippen LogP contribution in [0.4, 0.5) is 5.69 Å². The SMILES string of the molecule is Cn1ccnc1Sc1cnc(-c2ccc(N)cc2)nc1-c1ccccc1O. The Balaban J connectivity index is 1.85. The molecule has 0 saturated carbocycles. The number of benzene rings is 2. The van der Waals surface area contributed by atoms with Gasteiger partial charge in [0.05, 0.1) is 10.6 Å². The Morgan fingerprint density at radius 1 is 1.04 bits per heavy atom. The number of aromatic nitrogens is 4. The van der Waals surface area contributed by atoms with Gasteiger partial charge in [0.25, 0.3) is 0 Å². The van der Waals surface area contributed by atoms with E-state index in [1.165, 1.54) is 11.8 Å². The van der Waals surface area contributed by atoms with E-state index in [0.717, 1.165) is 15.6 Å². The van der Waals surface area contributed by atoms with E-state index in [1.54, 1.807) is 24.5 Å². The predicted octanol–water partition coefficient (Wildman–Crippen LogP) is 3.98. The molecule has 2 aromatic carbocycles. The maximum Gasteiger partial charge on any atom is 0.172 e. The zero-order valence-electron chi connectivity index (χ0n) is 14.6. The fourth-order valence-electron chi connectivity index (χ4n) is 2.63. The van der Waals surface area contributed by atoms with Gasteiger partial charge in [-0.15, -0.1) is 0 Å². The molecule has 2 aromatic heterocycles. The van der Waals surface area contributed by atoms with Crippen molar-refractivity contribution in [2.75, 3.05) is 5.73 Å². The Bertz CT molecular complexity index is 1090. The van der Waals surface area contributed by atoms with Crippen molar-refractivity contribution in [2.45, 2.75) is 10.1 Å². The second kappa shape index (κ2) is 7.13. The Hall–Kier alpha value is -3.32. The highest BCUT2D eigenvalue weighted by Crippen LogP contribution is 2.38. The van der Waals surface area contributed by atoms with Gasteiger partial charge in [0, 0.05) is 42.5 Å². The van der Waals surface area contributed by atoms with Crippen LogP contribution in [0.2, 0.25) is 0 Å². The minimum atomic E-state index is 0.168. The van der Waals surface area contributed by atoms with E-state index in [2.05, 4.69) is 9.97 Å². The van der Waals surface area contributed by atoms with E-state index in [9.17, 15) is 5.11 Å². The molecule has 0 saturated heterocycles. The molecule has 0 unspecified atom stereocenters. The molecular weight excluding hydrogens is 358 g/mol. The number of nitrogens with zero attached hydrogens (tertiary/aromatic N) is 4. The van der Waals surface area contributed by atoms with E-state index >= 15 is 0 Å². The number of nitrogen functional groups attached to an aromatic ring is 1. The van der Waals surface area contributed by atoms with Crippen LogP contribution in [0, 0.1) is 0 Å². The smallest absolute Gasteiger partial charge is 0.172 e. The molecule has 0 spiro atoms. The number of para-hydroxylation sites is 1. The van der Waals surface area contributed by atoms with Gasteiger partial charge in [0.15, 0.2) is 11.0 Å². The Morgan fingerprint density at radius 3 is 2.52 bits per heavy atom. The van der Waals surface area contributed by atoms with Crippen molar-refractivity contribution in [1.29, 1.82) is 0 Å². The van der Waals surface area contributed by atoms with Gasteiger partial charge in [0.1, 0.15) is 5.75 Å². The summed E-state index contributed by atoms with van der Waals surface area (Å²) in [6, 6.07) is 14.5. The van der Waals surface area contributed by atoms with Gasteiger partial charge in [-0.2, -0.15) is 0 Å². The topological polar surface area (TPSA) is 89.9 Å². The van der Waals surface area contributed by atoms with Crippen molar-refractivity contribution in [3.8, 4) is 28.4 Å². The molecule has 4 rings (SSSR count). The van der Waals surface area contributed by atoms with Gasteiger partial charge in [0.2, 0.25) is 0 Å². The van der Waals surface area contributed by atoms with E-state index in [4.69, 9.17) is 10.7 Å². The van der Waals surface area contributed by atoms with Gasteiger partial charge in [-0.3, -0.25) is 0 Å². The quantitative estimate of drug-likeness (QED) is 0.524. The van der Waals surface area contributed by atoms with Crippen molar-refractivity contribution in [3.63, 3.8) is 0 Å². The number of phenolic OH excluding ortho intramolecular Hbond substituents is 1. The summed E-state index contributed by atoms with van der Waals surface area (Å²) in [4.78, 5) is 14.4. The first-order valence-corrected chi connectivity index (χ1v) is 9.10. The first-order chi connectivity index (χ1) is 13.1. The van der Waals surface area contributed by atoms with Crippen LogP contribution in [0.3, 0.4) is 0 Å². The number of anilines is 1. The Morgan fingerprint density at radius 2 is 1.81 bits per heavy atom. The van der Waals surface area contributed by atoms with E-state index in [0.29, 0.717) is 22.8 Å². The molecule has 6 nitrogen and oxygen atoms in total. The van der Waals surface area contributed by atoms with Gasteiger partial charge >= 0.3 is 0 Å². The van der Waals surface area contributed by atoms with Crippen LogP contribution in [-0.4, -0.2) is 24.6 Å². The summed E-state index contributed by atoms with van der Waals surface area (Å²) < 4.78 is 1.92. The average Bonchev–Trinajstić information content (AvgIpc) is 3.08. The van der Waals surface area contributed by atoms with Crippen LogP contribution in [0.5, 0.6) is 5.75 Å². The number of hydrogen-bond donors (Lipinski definition) is 2. The zero-order valence-corrected chi connectivity index (χ0v) is 15.4. The molecule has 0 bridgehead atoms. The van der Waals surface area contributed by atoms with Crippen LogP contribution in [0.15, 0.2) is 77.2 Å². The van der Waals surface area contributed by atoms with E-state index in [1.807, 2.05) is 54.2 Å². The average molecular weight is 375 g/mol.